The molecule has 1 heterocycles. The first-order chi connectivity index (χ1) is 7.01. The van der Waals surface area contributed by atoms with Crippen LogP contribution in [0.1, 0.15) is 12.3 Å². The van der Waals surface area contributed by atoms with Crippen LogP contribution in [0.25, 0.3) is 0 Å². The molecule has 1 aromatic heterocycles. The van der Waals surface area contributed by atoms with E-state index >= 15 is 0 Å². The molecule has 0 saturated heterocycles. The second-order valence-corrected chi connectivity index (χ2v) is 4.59. The third-order valence-electron chi connectivity index (χ3n) is 1.52. The van der Waals surface area contributed by atoms with E-state index in [9.17, 15) is 8.42 Å². The summed E-state index contributed by atoms with van der Waals surface area (Å²) >= 11 is 0. The van der Waals surface area contributed by atoms with Crippen molar-refractivity contribution in [3.05, 3.63) is 5.89 Å². The zero-order valence-electron chi connectivity index (χ0n) is 8.01. The second kappa shape index (κ2) is 5.05. The lowest BCUT2D eigenvalue weighted by Crippen LogP contribution is -2.18. The van der Waals surface area contributed by atoms with Gasteiger partial charge < -0.3 is 15.5 Å². The molecule has 5 N–H and O–H groups in total. The summed E-state index contributed by atoms with van der Waals surface area (Å²) in [5, 5.41) is 14.8. The summed E-state index contributed by atoms with van der Waals surface area (Å²) in [5.74, 6) is 0.238. The number of nitrogens with two attached hydrogens (primary N) is 2. The molecule has 8 nitrogen and oxygen atoms in total. The summed E-state index contributed by atoms with van der Waals surface area (Å²) in [7, 11) is -3.40. The van der Waals surface area contributed by atoms with E-state index in [-0.39, 0.29) is 18.3 Å². The molecular formula is C6H13N5O3S. The quantitative estimate of drug-likeness (QED) is 0.516. The van der Waals surface area contributed by atoms with Gasteiger partial charge in [-0.15, -0.1) is 5.10 Å². The van der Waals surface area contributed by atoms with Crippen LogP contribution >= 0.6 is 0 Å². The van der Waals surface area contributed by atoms with E-state index in [0.29, 0.717) is 18.9 Å². The first-order valence-corrected chi connectivity index (χ1v) is 5.99. The number of aromatic nitrogens is 2. The predicted octanol–water partition coefficient (Wildman–Crippen LogP) is -1.38. The molecule has 1 aromatic rings. The van der Waals surface area contributed by atoms with Crippen LogP contribution in [0.3, 0.4) is 0 Å². The van der Waals surface area contributed by atoms with Crippen LogP contribution in [0, 0.1) is 0 Å². The van der Waals surface area contributed by atoms with Gasteiger partial charge in [0.1, 0.15) is 0 Å². The number of sulfonamides is 1. The van der Waals surface area contributed by atoms with Gasteiger partial charge in [-0.3, -0.25) is 0 Å². The van der Waals surface area contributed by atoms with Crippen molar-refractivity contribution in [2.75, 3.05) is 17.6 Å². The summed E-state index contributed by atoms with van der Waals surface area (Å²) in [6.07, 6.45) is 0.374. The Morgan fingerprint density at radius 1 is 1.40 bits per heavy atom. The molecule has 0 aromatic carbocycles. The molecule has 0 radical (unpaired) electrons. The highest BCUT2D eigenvalue weighted by atomic mass is 32.2. The third-order valence-corrected chi connectivity index (χ3v) is 2.38. The first-order valence-electron chi connectivity index (χ1n) is 4.28. The molecular weight excluding hydrogens is 222 g/mol. The van der Waals surface area contributed by atoms with Crippen LogP contribution in [-0.4, -0.2) is 30.9 Å². The average Bonchev–Trinajstić information content (AvgIpc) is 2.59. The highest BCUT2D eigenvalue weighted by Gasteiger charge is 2.04. The molecule has 0 bridgehead atoms. The Kier molecular flexibility index (Phi) is 4.00. The molecule has 0 unspecified atom stereocenters. The fourth-order valence-corrected chi connectivity index (χ4v) is 1.42. The fourth-order valence-electron chi connectivity index (χ4n) is 0.876. The minimum absolute atomic E-state index is 0.0854. The van der Waals surface area contributed by atoms with Crippen LogP contribution in [0.5, 0.6) is 0 Å². The number of hydrogen-bond donors (Lipinski definition) is 3. The van der Waals surface area contributed by atoms with Gasteiger partial charge in [0.2, 0.25) is 15.9 Å². The molecule has 0 aliphatic rings. The minimum Gasteiger partial charge on any atom is -0.407 e. The lowest BCUT2D eigenvalue weighted by atomic mass is 10.5. The Balaban J connectivity index is 2.26. The van der Waals surface area contributed by atoms with Gasteiger partial charge in [-0.05, 0) is 6.42 Å². The summed E-state index contributed by atoms with van der Waals surface area (Å²) < 4.78 is 26.2. The maximum Gasteiger partial charge on any atom is 0.315 e. The van der Waals surface area contributed by atoms with E-state index in [0.717, 1.165) is 0 Å². The topological polar surface area (TPSA) is 137 Å². The fraction of sp³-hybridized carbons (Fsp3) is 0.667. The molecule has 0 atom stereocenters. The standard InChI is InChI=1S/C6H13N5O3S/c7-4-5-10-11-6(14-5)9-2-1-3-15(8,12)13/h1-4,7H2,(H,9,11)(H2,8,12,13). The van der Waals surface area contributed by atoms with Gasteiger partial charge in [0, 0.05) is 6.54 Å². The van der Waals surface area contributed by atoms with Gasteiger partial charge >= 0.3 is 6.01 Å². The zero-order valence-corrected chi connectivity index (χ0v) is 8.83. The van der Waals surface area contributed by atoms with Crippen molar-refractivity contribution >= 4 is 16.0 Å². The number of nitrogens with one attached hydrogen (secondary N) is 1. The maximum atomic E-state index is 10.6. The lowest BCUT2D eigenvalue weighted by molar-refractivity contribution is 0.507. The average molecular weight is 235 g/mol. The van der Waals surface area contributed by atoms with Gasteiger partial charge in [0.15, 0.2) is 0 Å². The SMILES string of the molecule is NCc1nnc(NCCCS(N)(=O)=O)o1. The smallest absolute Gasteiger partial charge is 0.315 e. The molecule has 9 heteroatoms. The Labute approximate surface area is 87.1 Å². The Morgan fingerprint density at radius 2 is 2.13 bits per heavy atom. The van der Waals surface area contributed by atoms with Crippen molar-refractivity contribution in [1.82, 2.24) is 10.2 Å². The van der Waals surface area contributed by atoms with E-state index in [1.165, 1.54) is 0 Å². The normalized spacial score (nSPS) is 11.6. The van der Waals surface area contributed by atoms with E-state index in [1.807, 2.05) is 0 Å². The molecule has 0 aliphatic carbocycles. The largest absolute Gasteiger partial charge is 0.407 e. The van der Waals surface area contributed by atoms with Crippen molar-refractivity contribution in [3.63, 3.8) is 0 Å². The number of rotatable bonds is 6. The van der Waals surface area contributed by atoms with Crippen molar-refractivity contribution in [2.24, 2.45) is 10.9 Å². The van der Waals surface area contributed by atoms with Crippen LogP contribution in [0.2, 0.25) is 0 Å². The highest BCUT2D eigenvalue weighted by Crippen LogP contribution is 2.03. The summed E-state index contributed by atoms with van der Waals surface area (Å²) in [6.45, 7) is 0.564. The van der Waals surface area contributed by atoms with Gasteiger partial charge in [-0.1, -0.05) is 5.10 Å². The van der Waals surface area contributed by atoms with E-state index < -0.39 is 10.0 Å². The van der Waals surface area contributed by atoms with Crippen LogP contribution in [-0.2, 0) is 16.6 Å². The Bertz CT molecular complexity index is 401. The van der Waals surface area contributed by atoms with Crippen molar-refractivity contribution in [1.29, 1.82) is 0 Å². The summed E-state index contributed by atoms with van der Waals surface area (Å²) in [6, 6.07) is 0.227. The van der Waals surface area contributed by atoms with Crippen LogP contribution in [0.15, 0.2) is 4.42 Å². The molecule has 86 valence electrons. The monoisotopic (exact) mass is 235 g/mol. The molecule has 0 aliphatic heterocycles. The van der Waals surface area contributed by atoms with Crippen LogP contribution in [0.4, 0.5) is 6.01 Å². The lowest BCUT2D eigenvalue weighted by Gasteiger charge is -1.99. The number of hydrogen-bond acceptors (Lipinski definition) is 7. The third kappa shape index (κ3) is 4.72. The van der Waals surface area contributed by atoms with Gasteiger partial charge in [-0.2, -0.15) is 0 Å². The molecule has 0 fully saturated rings. The van der Waals surface area contributed by atoms with Crippen molar-refractivity contribution in [3.8, 4) is 0 Å². The highest BCUT2D eigenvalue weighted by molar-refractivity contribution is 7.89. The summed E-state index contributed by atoms with van der Waals surface area (Å²) in [5.41, 5.74) is 5.26. The van der Waals surface area contributed by atoms with Crippen LogP contribution < -0.4 is 16.2 Å². The maximum absolute atomic E-state index is 10.6. The zero-order chi connectivity index (χ0) is 11.3. The van der Waals surface area contributed by atoms with E-state index in [2.05, 4.69) is 15.5 Å². The van der Waals surface area contributed by atoms with Crippen molar-refractivity contribution in [2.45, 2.75) is 13.0 Å². The molecule has 0 amide bonds. The summed E-state index contributed by atoms with van der Waals surface area (Å²) in [4.78, 5) is 0. The van der Waals surface area contributed by atoms with Gasteiger partial charge in [-0.25, -0.2) is 13.6 Å². The van der Waals surface area contributed by atoms with Gasteiger partial charge in [0.05, 0.1) is 12.3 Å². The molecule has 0 saturated carbocycles. The number of nitrogens with zero attached hydrogens (tertiary/aromatic N) is 2. The molecule has 1 rings (SSSR count). The second-order valence-electron chi connectivity index (χ2n) is 2.85. The molecule has 15 heavy (non-hydrogen) atoms. The van der Waals surface area contributed by atoms with Gasteiger partial charge in [0.25, 0.3) is 0 Å². The minimum atomic E-state index is -3.40. The first kappa shape index (κ1) is 11.9. The predicted molar refractivity (Wildman–Crippen MR) is 53.3 cm³/mol. The number of anilines is 1. The Morgan fingerprint density at radius 3 is 2.67 bits per heavy atom. The Hall–Kier alpha value is -1.19. The van der Waals surface area contributed by atoms with Crippen molar-refractivity contribution < 1.29 is 12.8 Å². The van der Waals surface area contributed by atoms with E-state index in [4.69, 9.17) is 15.3 Å². The number of primary sulfonamides is 1. The van der Waals surface area contributed by atoms with E-state index in [1.54, 1.807) is 0 Å². The molecule has 0 spiro atoms.